The van der Waals surface area contributed by atoms with E-state index in [4.69, 9.17) is 4.74 Å². The molecule has 2 aromatic rings. The molecule has 192 valence electrons. The summed E-state index contributed by atoms with van der Waals surface area (Å²) in [6, 6.07) is 13.6. The van der Waals surface area contributed by atoms with E-state index in [9.17, 15) is 18.0 Å². The summed E-state index contributed by atoms with van der Waals surface area (Å²) in [5.74, 6) is 0.171. The number of sulfonamides is 1. The van der Waals surface area contributed by atoms with Gasteiger partial charge in [-0.15, -0.1) is 0 Å². The zero-order valence-corrected chi connectivity index (χ0v) is 22.3. The zero-order chi connectivity index (χ0) is 26.2. The van der Waals surface area contributed by atoms with Crippen molar-refractivity contribution in [1.29, 1.82) is 0 Å². The van der Waals surface area contributed by atoms with Crippen molar-refractivity contribution in [3.05, 3.63) is 59.7 Å². The van der Waals surface area contributed by atoms with Crippen LogP contribution >= 0.6 is 0 Å². The first-order chi connectivity index (χ1) is 16.5. The summed E-state index contributed by atoms with van der Waals surface area (Å²) in [7, 11) is -2.21. The summed E-state index contributed by atoms with van der Waals surface area (Å²) in [6.07, 6.45) is 1.45. The molecular weight excluding hydrogens is 466 g/mol. The van der Waals surface area contributed by atoms with Gasteiger partial charge in [-0.1, -0.05) is 45.0 Å². The fourth-order valence-electron chi connectivity index (χ4n) is 3.82. The summed E-state index contributed by atoms with van der Waals surface area (Å²) in [5.41, 5.74) is 2.24. The van der Waals surface area contributed by atoms with Crippen molar-refractivity contribution in [1.82, 2.24) is 10.2 Å². The van der Waals surface area contributed by atoms with Crippen LogP contribution in [0.2, 0.25) is 0 Å². The highest BCUT2D eigenvalue weighted by molar-refractivity contribution is 7.92. The number of methoxy groups -OCH3 is 1. The highest BCUT2D eigenvalue weighted by atomic mass is 32.2. The first-order valence-corrected chi connectivity index (χ1v) is 13.6. The van der Waals surface area contributed by atoms with E-state index in [1.807, 2.05) is 38.1 Å². The molecule has 0 aliphatic rings. The maximum absolute atomic E-state index is 13.6. The summed E-state index contributed by atoms with van der Waals surface area (Å²) in [5, 5.41) is 2.78. The Morgan fingerprint density at radius 3 is 2.23 bits per heavy atom. The number of amides is 2. The predicted molar refractivity (Wildman–Crippen MR) is 139 cm³/mol. The minimum atomic E-state index is -3.76. The van der Waals surface area contributed by atoms with Gasteiger partial charge in [0, 0.05) is 13.1 Å². The Kier molecular flexibility index (Phi) is 10.1. The third-order valence-electron chi connectivity index (χ3n) is 5.75. The van der Waals surface area contributed by atoms with Crippen LogP contribution in [0.4, 0.5) is 5.69 Å². The first-order valence-electron chi connectivity index (χ1n) is 11.8. The van der Waals surface area contributed by atoms with Crippen LogP contribution in [0, 0.1) is 0 Å². The minimum absolute atomic E-state index is 0.134. The molecule has 0 saturated carbocycles. The maximum Gasteiger partial charge on any atom is 0.244 e. The van der Waals surface area contributed by atoms with E-state index in [-0.39, 0.29) is 18.4 Å². The highest BCUT2D eigenvalue weighted by Crippen LogP contribution is 2.23. The minimum Gasteiger partial charge on any atom is -0.497 e. The van der Waals surface area contributed by atoms with Gasteiger partial charge in [0.2, 0.25) is 21.8 Å². The molecule has 0 aliphatic heterocycles. The van der Waals surface area contributed by atoms with Crippen LogP contribution in [0.3, 0.4) is 0 Å². The Morgan fingerprint density at radius 2 is 1.71 bits per heavy atom. The third-order valence-corrected chi connectivity index (χ3v) is 6.89. The third kappa shape index (κ3) is 7.71. The Labute approximate surface area is 209 Å². The molecule has 0 radical (unpaired) electrons. The number of hydrogen-bond acceptors (Lipinski definition) is 5. The van der Waals surface area contributed by atoms with Gasteiger partial charge < -0.3 is 15.0 Å². The number of carbonyl (C=O) groups excluding carboxylic acids is 2. The van der Waals surface area contributed by atoms with Crippen LogP contribution in [0.5, 0.6) is 5.75 Å². The average Bonchev–Trinajstić information content (AvgIpc) is 2.82. The maximum atomic E-state index is 13.6. The Morgan fingerprint density at radius 1 is 1.06 bits per heavy atom. The fraction of sp³-hybridized carbons (Fsp3) is 0.462. The molecule has 0 aliphatic carbocycles. The van der Waals surface area contributed by atoms with E-state index in [1.165, 1.54) is 4.90 Å². The molecule has 2 aromatic carbocycles. The van der Waals surface area contributed by atoms with Gasteiger partial charge in [0.05, 0.1) is 19.1 Å². The van der Waals surface area contributed by atoms with Gasteiger partial charge in [0.25, 0.3) is 0 Å². The summed E-state index contributed by atoms with van der Waals surface area (Å²) in [6.45, 7) is 7.88. The number of benzene rings is 2. The van der Waals surface area contributed by atoms with Crippen molar-refractivity contribution in [3.63, 3.8) is 0 Å². The standard InChI is InChI=1S/C26H37N3O5S/c1-7-24(26(31)27-8-2)28(17-20-10-9-11-23(16-20)34-5)25(30)18-29(35(6,32)33)22-14-12-21(13-15-22)19(3)4/h9-16,19,24H,7-8,17-18H2,1-6H3,(H,27,31)/t24-/m1/s1. The number of hydrogen-bond donors (Lipinski definition) is 1. The van der Waals surface area contributed by atoms with E-state index >= 15 is 0 Å². The van der Waals surface area contributed by atoms with Crippen molar-refractivity contribution in [3.8, 4) is 5.75 Å². The van der Waals surface area contributed by atoms with Crippen LogP contribution in [0.25, 0.3) is 0 Å². The predicted octanol–water partition coefficient (Wildman–Crippen LogP) is 3.53. The first kappa shape index (κ1) is 28.2. The Balaban J connectivity index is 2.43. The molecule has 0 fully saturated rings. The number of likely N-dealkylation sites (N-methyl/N-ethyl adjacent to an activating group) is 1. The zero-order valence-electron chi connectivity index (χ0n) is 21.4. The second kappa shape index (κ2) is 12.6. The van der Waals surface area contributed by atoms with E-state index in [0.29, 0.717) is 24.4 Å². The van der Waals surface area contributed by atoms with Crippen LogP contribution in [0.1, 0.15) is 51.2 Å². The number of nitrogens with one attached hydrogen (secondary N) is 1. The van der Waals surface area contributed by atoms with Crippen LogP contribution in [-0.4, -0.2) is 57.6 Å². The number of ether oxygens (including phenoxy) is 1. The molecule has 0 saturated heterocycles. The SMILES string of the molecule is CCNC(=O)[C@@H](CC)N(Cc1cccc(OC)c1)C(=O)CN(c1ccc(C(C)C)cc1)S(C)(=O)=O. The molecule has 1 atom stereocenters. The second-order valence-electron chi connectivity index (χ2n) is 8.71. The van der Waals surface area contributed by atoms with Gasteiger partial charge in [-0.3, -0.25) is 13.9 Å². The number of rotatable bonds is 12. The summed E-state index contributed by atoms with van der Waals surface area (Å²) < 4.78 is 31.8. The van der Waals surface area contributed by atoms with Crippen LogP contribution in [0.15, 0.2) is 48.5 Å². The molecule has 0 unspecified atom stereocenters. The Bertz CT molecular complexity index is 1100. The smallest absolute Gasteiger partial charge is 0.244 e. The summed E-state index contributed by atoms with van der Waals surface area (Å²) >= 11 is 0. The van der Waals surface area contributed by atoms with Crippen molar-refractivity contribution in [2.75, 3.05) is 30.8 Å². The second-order valence-corrected chi connectivity index (χ2v) is 10.6. The van der Waals surface area contributed by atoms with Crippen molar-refractivity contribution in [2.24, 2.45) is 0 Å². The normalized spacial score (nSPS) is 12.2. The number of carbonyl (C=O) groups is 2. The molecular formula is C26H37N3O5S. The van der Waals surface area contributed by atoms with Gasteiger partial charge >= 0.3 is 0 Å². The van der Waals surface area contributed by atoms with E-state index in [1.54, 1.807) is 31.4 Å². The lowest BCUT2D eigenvalue weighted by Gasteiger charge is -2.33. The molecule has 0 heterocycles. The van der Waals surface area contributed by atoms with Crippen LogP contribution < -0.4 is 14.4 Å². The molecule has 0 bridgehead atoms. The van der Waals surface area contributed by atoms with Gasteiger partial charge in [0.1, 0.15) is 18.3 Å². The lowest BCUT2D eigenvalue weighted by molar-refractivity contribution is -0.140. The highest BCUT2D eigenvalue weighted by Gasteiger charge is 2.31. The van der Waals surface area contributed by atoms with Crippen molar-refractivity contribution >= 4 is 27.5 Å². The molecule has 35 heavy (non-hydrogen) atoms. The fourth-order valence-corrected chi connectivity index (χ4v) is 4.67. The topological polar surface area (TPSA) is 96.0 Å². The van der Waals surface area contributed by atoms with Crippen molar-refractivity contribution in [2.45, 2.75) is 52.6 Å². The largest absolute Gasteiger partial charge is 0.497 e. The number of nitrogens with zero attached hydrogens (tertiary/aromatic N) is 2. The summed E-state index contributed by atoms with van der Waals surface area (Å²) in [4.78, 5) is 27.9. The number of anilines is 1. The van der Waals surface area contributed by atoms with Gasteiger partial charge in [-0.05, 0) is 54.7 Å². The average molecular weight is 504 g/mol. The van der Waals surface area contributed by atoms with E-state index in [2.05, 4.69) is 19.2 Å². The van der Waals surface area contributed by atoms with Crippen LogP contribution in [-0.2, 0) is 26.2 Å². The molecule has 0 spiro atoms. The van der Waals surface area contributed by atoms with E-state index < -0.39 is 28.5 Å². The lowest BCUT2D eigenvalue weighted by atomic mass is 10.0. The molecule has 9 heteroatoms. The van der Waals surface area contributed by atoms with Gasteiger partial charge in [-0.2, -0.15) is 0 Å². The molecule has 2 rings (SSSR count). The van der Waals surface area contributed by atoms with Gasteiger partial charge in [-0.25, -0.2) is 8.42 Å². The quantitative estimate of drug-likeness (QED) is 0.478. The monoisotopic (exact) mass is 503 g/mol. The Hall–Kier alpha value is -3.07. The lowest BCUT2D eigenvalue weighted by Crippen LogP contribution is -2.52. The van der Waals surface area contributed by atoms with E-state index in [0.717, 1.165) is 21.7 Å². The molecule has 1 N–H and O–H groups in total. The molecule has 2 amide bonds. The molecule has 8 nitrogen and oxygen atoms in total. The molecule has 0 aromatic heterocycles. The van der Waals surface area contributed by atoms with Crippen molar-refractivity contribution < 1.29 is 22.7 Å². The van der Waals surface area contributed by atoms with Gasteiger partial charge in [0.15, 0.2) is 0 Å².